The fourth-order valence-corrected chi connectivity index (χ4v) is 2.98. The van der Waals surface area contributed by atoms with Crippen LogP contribution in [0.1, 0.15) is 15.9 Å². The Morgan fingerprint density at radius 2 is 2.11 bits per heavy atom. The van der Waals surface area contributed by atoms with Gasteiger partial charge >= 0.3 is 0 Å². The second-order valence-corrected chi connectivity index (χ2v) is 6.63. The molecule has 3 aromatic rings. The molecule has 3 N–H and O–H groups in total. The van der Waals surface area contributed by atoms with Crippen LogP contribution in [0.5, 0.6) is 0 Å². The Kier molecular flexibility index (Phi) is 6.25. The van der Waals surface area contributed by atoms with Crippen LogP contribution in [0.25, 0.3) is 10.9 Å². The van der Waals surface area contributed by atoms with E-state index in [1.807, 2.05) is 0 Å². The average molecular weight is 425 g/mol. The molecule has 0 unspecified atom stereocenters. The number of fused-ring (bicyclic) bond motifs is 1. The summed E-state index contributed by atoms with van der Waals surface area (Å²) in [6.07, 6.45) is 1.47. The molecule has 146 valence electrons. The van der Waals surface area contributed by atoms with Crippen molar-refractivity contribution in [1.29, 1.82) is 0 Å². The molecule has 10 heteroatoms. The number of amides is 1. The van der Waals surface area contributed by atoms with Gasteiger partial charge in [0, 0.05) is 10.4 Å². The van der Waals surface area contributed by atoms with Crippen molar-refractivity contribution < 1.29 is 19.1 Å². The molecule has 1 heterocycles. The molecule has 28 heavy (non-hydrogen) atoms. The lowest BCUT2D eigenvalue weighted by atomic mass is 10.0. The SMILES string of the molecule is Cc1cnnc2c(F)c(Nc3ccc(Cl)cc3Cl)c(C(=O)NOCCO)cc12. The van der Waals surface area contributed by atoms with Gasteiger partial charge < -0.3 is 10.4 Å². The number of nitrogens with zero attached hydrogens (tertiary/aromatic N) is 2. The Bertz CT molecular complexity index is 1050. The van der Waals surface area contributed by atoms with Crippen molar-refractivity contribution in [1.82, 2.24) is 15.7 Å². The quantitative estimate of drug-likeness (QED) is 0.411. The molecule has 0 fully saturated rings. The zero-order chi connectivity index (χ0) is 20.3. The standard InChI is InChI=1S/C18H15Cl2FN4O3/c1-9-8-22-24-17-11(9)7-12(18(27)25-28-5-4-26)16(15(17)21)23-14-3-2-10(19)6-13(14)20/h2-3,6-8,23,26H,4-5H2,1H3,(H,25,27). The summed E-state index contributed by atoms with van der Waals surface area (Å²) in [7, 11) is 0. The van der Waals surface area contributed by atoms with Crippen LogP contribution in [0.15, 0.2) is 30.5 Å². The van der Waals surface area contributed by atoms with Crippen LogP contribution in [0, 0.1) is 12.7 Å². The molecule has 0 aliphatic rings. The number of aliphatic hydroxyl groups is 1. The summed E-state index contributed by atoms with van der Waals surface area (Å²) in [6, 6.07) is 6.09. The number of aliphatic hydroxyl groups excluding tert-OH is 1. The van der Waals surface area contributed by atoms with Gasteiger partial charge in [-0.3, -0.25) is 9.63 Å². The highest BCUT2D eigenvalue weighted by Crippen LogP contribution is 2.34. The lowest BCUT2D eigenvalue weighted by Crippen LogP contribution is -2.26. The predicted octanol–water partition coefficient (Wildman–Crippen LogP) is 3.78. The summed E-state index contributed by atoms with van der Waals surface area (Å²) in [6.45, 7) is 1.33. The number of halogens is 3. The Morgan fingerprint density at radius 1 is 1.32 bits per heavy atom. The first-order valence-electron chi connectivity index (χ1n) is 8.12. The van der Waals surface area contributed by atoms with Gasteiger partial charge in [-0.2, -0.15) is 5.10 Å². The lowest BCUT2D eigenvalue weighted by Gasteiger charge is -2.16. The van der Waals surface area contributed by atoms with E-state index in [1.165, 1.54) is 18.3 Å². The Hall–Kier alpha value is -2.52. The average Bonchev–Trinajstić information content (AvgIpc) is 2.66. The molecule has 3 rings (SSSR count). The topological polar surface area (TPSA) is 96.4 Å². The second-order valence-electron chi connectivity index (χ2n) is 5.79. The van der Waals surface area contributed by atoms with E-state index in [1.54, 1.807) is 19.1 Å². The zero-order valence-electron chi connectivity index (χ0n) is 14.6. The molecular weight excluding hydrogens is 410 g/mol. The first kappa shape index (κ1) is 20.2. The highest BCUT2D eigenvalue weighted by molar-refractivity contribution is 6.36. The van der Waals surface area contributed by atoms with Crippen molar-refractivity contribution in [2.24, 2.45) is 0 Å². The van der Waals surface area contributed by atoms with E-state index in [0.717, 1.165) is 0 Å². The maximum Gasteiger partial charge on any atom is 0.277 e. The second kappa shape index (κ2) is 8.66. The number of carbonyl (C=O) groups excluding carboxylic acids is 1. The molecule has 0 spiro atoms. The summed E-state index contributed by atoms with van der Waals surface area (Å²) in [5, 5.41) is 20.3. The normalized spacial score (nSPS) is 10.9. The minimum atomic E-state index is -0.771. The van der Waals surface area contributed by atoms with Crippen LogP contribution in [0.4, 0.5) is 15.8 Å². The number of hydroxylamine groups is 1. The number of nitrogens with one attached hydrogen (secondary N) is 2. The third-order valence-corrected chi connectivity index (χ3v) is 4.42. The van der Waals surface area contributed by atoms with Gasteiger partial charge in [-0.05, 0) is 36.8 Å². The molecule has 0 atom stereocenters. The molecule has 0 radical (unpaired) electrons. The van der Waals surface area contributed by atoms with Crippen LogP contribution >= 0.6 is 23.2 Å². The van der Waals surface area contributed by atoms with Gasteiger partial charge in [0.15, 0.2) is 5.82 Å². The van der Waals surface area contributed by atoms with Crippen LogP contribution < -0.4 is 10.8 Å². The van der Waals surface area contributed by atoms with Crippen molar-refractivity contribution in [3.63, 3.8) is 0 Å². The number of anilines is 2. The molecule has 0 saturated carbocycles. The molecule has 0 aliphatic carbocycles. The fourth-order valence-electron chi connectivity index (χ4n) is 2.52. The summed E-state index contributed by atoms with van der Waals surface area (Å²) in [4.78, 5) is 17.4. The Morgan fingerprint density at radius 3 is 2.82 bits per heavy atom. The Labute approximate surface area is 169 Å². The number of benzene rings is 2. The van der Waals surface area contributed by atoms with Gasteiger partial charge in [0.1, 0.15) is 5.52 Å². The molecular formula is C18H15Cl2FN4O3. The predicted molar refractivity (Wildman–Crippen MR) is 104 cm³/mol. The van der Waals surface area contributed by atoms with Gasteiger partial charge in [-0.1, -0.05) is 23.2 Å². The van der Waals surface area contributed by atoms with E-state index < -0.39 is 11.7 Å². The van der Waals surface area contributed by atoms with Crippen LogP contribution in [-0.2, 0) is 4.84 Å². The summed E-state index contributed by atoms with van der Waals surface area (Å²) in [5.41, 5.74) is 2.96. The molecule has 1 aromatic heterocycles. The molecule has 0 bridgehead atoms. The van der Waals surface area contributed by atoms with Gasteiger partial charge in [0.25, 0.3) is 5.91 Å². The third kappa shape index (κ3) is 4.15. The lowest BCUT2D eigenvalue weighted by molar-refractivity contribution is 0.0169. The van der Waals surface area contributed by atoms with Crippen LogP contribution in [-0.4, -0.2) is 34.4 Å². The fraction of sp³-hybridized carbons (Fsp3) is 0.167. The van der Waals surface area contributed by atoms with Crippen LogP contribution in [0.3, 0.4) is 0 Å². The highest BCUT2D eigenvalue weighted by atomic mass is 35.5. The molecule has 1 amide bonds. The minimum Gasteiger partial charge on any atom is -0.394 e. The van der Waals surface area contributed by atoms with E-state index in [-0.39, 0.29) is 35.0 Å². The van der Waals surface area contributed by atoms with Gasteiger partial charge in [0.2, 0.25) is 0 Å². The van der Waals surface area contributed by atoms with Gasteiger partial charge in [0.05, 0.1) is 41.4 Å². The van der Waals surface area contributed by atoms with Gasteiger partial charge in [-0.15, -0.1) is 5.10 Å². The smallest absolute Gasteiger partial charge is 0.277 e. The molecule has 0 aliphatic heterocycles. The first-order valence-corrected chi connectivity index (χ1v) is 8.87. The highest BCUT2D eigenvalue weighted by Gasteiger charge is 2.22. The van der Waals surface area contributed by atoms with Crippen molar-refractivity contribution in [3.8, 4) is 0 Å². The monoisotopic (exact) mass is 424 g/mol. The van der Waals surface area contributed by atoms with Crippen molar-refractivity contribution in [3.05, 3.63) is 57.5 Å². The van der Waals surface area contributed by atoms with E-state index in [2.05, 4.69) is 21.0 Å². The van der Waals surface area contributed by atoms with Crippen molar-refractivity contribution in [2.45, 2.75) is 6.92 Å². The molecule has 7 nitrogen and oxygen atoms in total. The number of rotatable bonds is 6. The maximum atomic E-state index is 15.3. The first-order chi connectivity index (χ1) is 13.4. The zero-order valence-corrected chi connectivity index (χ0v) is 16.1. The van der Waals surface area contributed by atoms with Gasteiger partial charge in [-0.25, -0.2) is 9.87 Å². The summed E-state index contributed by atoms with van der Waals surface area (Å²) >= 11 is 12.1. The largest absolute Gasteiger partial charge is 0.394 e. The van der Waals surface area contributed by atoms with E-state index in [0.29, 0.717) is 21.7 Å². The molecule has 2 aromatic carbocycles. The number of aromatic nitrogens is 2. The van der Waals surface area contributed by atoms with Crippen molar-refractivity contribution >= 4 is 51.4 Å². The maximum absolute atomic E-state index is 15.3. The molecule has 0 saturated heterocycles. The summed E-state index contributed by atoms with van der Waals surface area (Å²) < 4.78 is 15.3. The minimum absolute atomic E-state index is 0.000382. The summed E-state index contributed by atoms with van der Waals surface area (Å²) in [5.74, 6) is -1.48. The Balaban J connectivity index is 2.13. The van der Waals surface area contributed by atoms with Crippen molar-refractivity contribution in [2.75, 3.05) is 18.5 Å². The number of aryl methyl sites for hydroxylation is 1. The third-order valence-electron chi connectivity index (χ3n) is 3.87. The van der Waals surface area contributed by atoms with E-state index in [4.69, 9.17) is 33.1 Å². The number of carbonyl (C=O) groups is 1. The number of hydrogen-bond donors (Lipinski definition) is 3. The van der Waals surface area contributed by atoms with E-state index in [9.17, 15) is 4.79 Å². The van der Waals surface area contributed by atoms with E-state index >= 15 is 4.39 Å². The number of hydrogen-bond acceptors (Lipinski definition) is 6. The van der Waals surface area contributed by atoms with Crippen LogP contribution in [0.2, 0.25) is 10.0 Å².